The molecule has 3 heterocycles. The van der Waals surface area contributed by atoms with Crippen LogP contribution in [0.2, 0.25) is 0 Å². The van der Waals surface area contributed by atoms with E-state index >= 15 is 0 Å². The standard InChI is InChI=1S/C28H28N4S/c1-19-20(2)32(23-14-8-5-9-15-23)21(3)25(19)27-26(24-16-10-11-17-29-24)30-28(33)31(27)18-22-12-6-4-7-13-22/h4-17,26-27H,18H2,1-3H3,(H,30,33). The van der Waals surface area contributed by atoms with Gasteiger partial charge in [0.15, 0.2) is 5.11 Å². The van der Waals surface area contributed by atoms with E-state index in [0.29, 0.717) is 0 Å². The third-order valence-corrected chi connectivity index (χ3v) is 7.06. The Hall–Kier alpha value is -3.44. The van der Waals surface area contributed by atoms with Crippen LogP contribution < -0.4 is 5.32 Å². The minimum absolute atomic E-state index is 0.0224. The van der Waals surface area contributed by atoms with Gasteiger partial charge >= 0.3 is 0 Å². The quantitative estimate of drug-likeness (QED) is 0.378. The molecule has 2 aromatic heterocycles. The summed E-state index contributed by atoms with van der Waals surface area (Å²) in [7, 11) is 0. The molecular formula is C28H28N4S. The third-order valence-electron chi connectivity index (χ3n) is 6.71. The van der Waals surface area contributed by atoms with E-state index < -0.39 is 0 Å². The lowest BCUT2D eigenvalue weighted by molar-refractivity contribution is 0.309. The highest BCUT2D eigenvalue weighted by atomic mass is 32.1. The number of thiocarbonyl (C=S) groups is 1. The Labute approximate surface area is 200 Å². The van der Waals surface area contributed by atoms with Crippen molar-refractivity contribution < 1.29 is 0 Å². The van der Waals surface area contributed by atoms with Crippen molar-refractivity contribution in [1.29, 1.82) is 0 Å². The van der Waals surface area contributed by atoms with Crippen molar-refractivity contribution in [2.75, 3.05) is 0 Å². The van der Waals surface area contributed by atoms with Crippen molar-refractivity contribution >= 4 is 17.3 Å². The highest BCUT2D eigenvalue weighted by molar-refractivity contribution is 7.80. The first-order chi connectivity index (χ1) is 16.1. The zero-order valence-electron chi connectivity index (χ0n) is 19.2. The van der Waals surface area contributed by atoms with Crippen LogP contribution in [0.15, 0.2) is 85.1 Å². The summed E-state index contributed by atoms with van der Waals surface area (Å²) in [5.41, 5.74) is 8.53. The third kappa shape index (κ3) is 3.83. The lowest BCUT2D eigenvalue weighted by Crippen LogP contribution is -2.29. The average Bonchev–Trinajstić information content (AvgIpc) is 3.27. The molecule has 5 heteroatoms. The second-order valence-electron chi connectivity index (χ2n) is 8.62. The van der Waals surface area contributed by atoms with Gasteiger partial charge in [0.25, 0.3) is 0 Å². The lowest BCUT2D eigenvalue weighted by Gasteiger charge is -2.29. The summed E-state index contributed by atoms with van der Waals surface area (Å²) in [4.78, 5) is 7.03. The summed E-state index contributed by atoms with van der Waals surface area (Å²) >= 11 is 5.89. The SMILES string of the molecule is Cc1c(C2C(c3ccccn3)NC(=S)N2Cc2ccccc2)c(C)n(-c2ccccc2)c1C. The van der Waals surface area contributed by atoms with Crippen LogP contribution in [-0.4, -0.2) is 19.6 Å². The molecular weight excluding hydrogens is 424 g/mol. The van der Waals surface area contributed by atoms with Gasteiger partial charge in [0.05, 0.1) is 17.8 Å². The first-order valence-corrected chi connectivity index (χ1v) is 11.7. The highest BCUT2D eigenvalue weighted by Crippen LogP contribution is 2.44. The highest BCUT2D eigenvalue weighted by Gasteiger charge is 2.42. The van der Waals surface area contributed by atoms with Crippen molar-refractivity contribution in [3.63, 3.8) is 0 Å². The maximum atomic E-state index is 5.89. The number of para-hydroxylation sites is 1. The second kappa shape index (κ2) is 8.83. The molecule has 33 heavy (non-hydrogen) atoms. The number of nitrogens with one attached hydrogen (secondary N) is 1. The molecule has 2 aromatic carbocycles. The molecule has 1 N–H and O–H groups in total. The molecule has 1 aliphatic heterocycles. The van der Waals surface area contributed by atoms with Gasteiger partial charge in [0.1, 0.15) is 0 Å². The maximum Gasteiger partial charge on any atom is 0.170 e. The normalized spacial score (nSPS) is 17.9. The van der Waals surface area contributed by atoms with Gasteiger partial charge in [-0.1, -0.05) is 54.6 Å². The Kier molecular flexibility index (Phi) is 5.73. The summed E-state index contributed by atoms with van der Waals surface area (Å²) in [5, 5.41) is 4.36. The van der Waals surface area contributed by atoms with Crippen LogP contribution in [0.1, 0.15) is 45.9 Å². The summed E-state index contributed by atoms with van der Waals surface area (Å²) in [6.07, 6.45) is 1.86. The Bertz CT molecular complexity index is 1270. The number of pyridine rings is 1. The van der Waals surface area contributed by atoms with Crippen molar-refractivity contribution in [1.82, 2.24) is 19.8 Å². The molecule has 4 nitrogen and oxygen atoms in total. The van der Waals surface area contributed by atoms with E-state index in [1.165, 1.54) is 33.8 Å². The van der Waals surface area contributed by atoms with Crippen LogP contribution in [0.4, 0.5) is 0 Å². The average molecular weight is 453 g/mol. The van der Waals surface area contributed by atoms with E-state index in [4.69, 9.17) is 17.2 Å². The van der Waals surface area contributed by atoms with Gasteiger partial charge in [-0.05, 0) is 68.4 Å². The molecule has 0 radical (unpaired) electrons. The van der Waals surface area contributed by atoms with E-state index in [9.17, 15) is 0 Å². The zero-order chi connectivity index (χ0) is 22.9. The molecule has 5 rings (SSSR count). The van der Waals surface area contributed by atoms with Gasteiger partial charge < -0.3 is 14.8 Å². The Balaban J connectivity index is 1.67. The minimum atomic E-state index is -0.0224. The molecule has 0 saturated carbocycles. The molecule has 1 saturated heterocycles. The Morgan fingerprint density at radius 1 is 0.848 bits per heavy atom. The second-order valence-corrected chi connectivity index (χ2v) is 9.01. The molecule has 0 bridgehead atoms. The predicted octanol–water partition coefficient (Wildman–Crippen LogP) is 5.97. The van der Waals surface area contributed by atoms with Gasteiger partial charge in [-0.2, -0.15) is 0 Å². The molecule has 0 amide bonds. The summed E-state index contributed by atoms with van der Waals surface area (Å²) in [6, 6.07) is 27.2. The van der Waals surface area contributed by atoms with Crippen molar-refractivity contribution in [2.45, 2.75) is 39.4 Å². The maximum absolute atomic E-state index is 5.89. The van der Waals surface area contributed by atoms with Gasteiger partial charge in [-0.3, -0.25) is 4.98 Å². The summed E-state index contributed by atoms with van der Waals surface area (Å²) < 4.78 is 2.36. The summed E-state index contributed by atoms with van der Waals surface area (Å²) in [5.74, 6) is 0. The molecule has 4 aromatic rings. The first-order valence-electron chi connectivity index (χ1n) is 11.3. The largest absolute Gasteiger partial charge is 0.352 e. The Morgan fingerprint density at radius 2 is 1.52 bits per heavy atom. The van der Waals surface area contributed by atoms with Gasteiger partial charge in [0, 0.05) is 35.4 Å². The number of hydrogen-bond acceptors (Lipinski definition) is 2. The molecule has 2 unspecified atom stereocenters. The molecule has 0 spiro atoms. The number of benzene rings is 2. The van der Waals surface area contributed by atoms with Crippen LogP contribution >= 0.6 is 12.2 Å². The minimum Gasteiger partial charge on any atom is -0.352 e. The molecule has 0 aliphatic carbocycles. The monoisotopic (exact) mass is 452 g/mol. The van der Waals surface area contributed by atoms with Crippen LogP contribution in [0.25, 0.3) is 5.69 Å². The van der Waals surface area contributed by atoms with E-state index in [2.05, 4.69) is 102 Å². The van der Waals surface area contributed by atoms with Crippen LogP contribution in [-0.2, 0) is 6.54 Å². The number of hydrogen-bond donors (Lipinski definition) is 1. The fourth-order valence-corrected chi connectivity index (χ4v) is 5.38. The summed E-state index contributed by atoms with van der Waals surface area (Å²) in [6.45, 7) is 7.40. The van der Waals surface area contributed by atoms with Gasteiger partial charge in [0.2, 0.25) is 0 Å². The van der Waals surface area contributed by atoms with Gasteiger partial charge in [-0.15, -0.1) is 0 Å². The lowest BCUT2D eigenvalue weighted by atomic mass is 9.93. The van der Waals surface area contributed by atoms with E-state index in [1.54, 1.807) is 0 Å². The van der Waals surface area contributed by atoms with E-state index in [1.807, 2.05) is 18.3 Å². The number of aromatic nitrogens is 2. The van der Waals surface area contributed by atoms with E-state index in [-0.39, 0.29) is 12.1 Å². The van der Waals surface area contributed by atoms with Crippen LogP contribution in [0.5, 0.6) is 0 Å². The molecule has 2 atom stereocenters. The van der Waals surface area contributed by atoms with Crippen molar-refractivity contribution in [2.24, 2.45) is 0 Å². The Morgan fingerprint density at radius 3 is 2.18 bits per heavy atom. The van der Waals surface area contributed by atoms with Gasteiger partial charge in [-0.25, -0.2) is 0 Å². The van der Waals surface area contributed by atoms with E-state index in [0.717, 1.165) is 17.4 Å². The topological polar surface area (TPSA) is 33.1 Å². The van der Waals surface area contributed by atoms with Crippen molar-refractivity contribution in [3.8, 4) is 5.69 Å². The fraction of sp³-hybridized carbons (Fsp3) is 0.214. The fourth-order valence-electron chi connectivity index (χ4n) is 5.08. The molecule has 166 valence electrons. The first kappa shape index (κ1) is 21.4. The molecule has 1 fully saturated rings. The number of nitrogens with zero attached hydrogens (tertiary/aromatic N) is 3. The molecule has 1 aliphatic rings. The predicted molar refractivity (Wildman–Crippen MR) is 137 cm³/mol. The van der Waals surface area contributed by atoms with Crippen LogP contribution in [0, 0.1) is 20.8 Å². The number of rotatable bonds is 5. The van der Waals surface area contributed by atoms with Crippen molar-refractivity contribution in [3.05, 3.63) is 119 Å². The zero-order valence-corrected chi connectivity index (χ0v) is 20.0. The smallest absolute Gasteiger partial charge is 0.170 e. The van der Waals surface area contributed by atoms with Crippen LogP contribution in [0.3, 0.4) is 0 Å².